The standard InChI is InChI=1S/C22H27N5O/c28-22(23-11-6-9-19-7-2-1-3-8-19)26-15-13-25(14-16-26)18-20-17-24-21-10-4-5-12-27(20)21/h1-5,7-8,10,12,17H,6,9,11,13-16,18H2,(H,23,28). The summed E-state index contributed by atoms with van der Waals surface area (Å²) in [6.07, 6.45) is 5.95. The monoisotopic (exact) mass is 377 g/mol. The minimum atomic E-state index is 0.0579. The molecule has 2 aromatic heterocycles. The van der Waals surface area contributed by atoms with E-state index in [2.05, 4.69) is 50.1 Å². The van der Waals surface area contributed by atoms with Gasteiger partial charge in [0.1, 0.15) is 5.65 Å². The van der Waals surface area contributed by atoms with Crippen molar-refractivity contribution in [1.29, 1.82) is 0 Å². The van der Waals surface area contributed by atoms with Gasteiger partial charge in [-0.1, -0.05) is 36.4 Å². The maximum atomic E-state index is 12.4. The zero-order valence-corrected chi connectivity index (χ0v) is 16.1. The first kappa shape index (κ1) is 18.5. The third kappa shape index (κ3) is 4.51. The first-order valence-electron chi connectivity index (χ1n) is 9.99. The Morgan fingerprint density at radius 2 is 1.79 bits per heavy atom. The number of carbonyl (C=O) groups excluding carboxylic acids is 1. The van der Waals surface area contributed by atoms with E-state index in [1.807, 2.05) is 35.4 Å². The minimum absolute atomic E-state index is 0.0579. The molecule has 1 saturated heterocycles. The van der Waals surface area contributed by atoms with Crippen LogP contribution in [0.5, 0.6) is 0 Å². The number of fused-ring (bicyclic) bond motifs is 1. The second kappa shape index (κ2) is 8.89. The molecular formula is C22H27N5O. The molecule has 1 aromatic carbocycles. The first-order chi connectivity index (χ1) is 13.8. The van der Waals surface area contributed by atoms with Crippen molar-refractivity contribution in [2.75, 3.05) is 32.7 Å². The van der Waals surface area contributed by atoms with Crippen molar-refractivity contribution in [2.24, 2.45) is 0 Å². The molecular weight excluding hydrogens is 350 g/mol. The molecule has 146 valence electrons. The highest BCUT2D eigenvalue weighted by atomic mass is 16.2. The predicted molar refractivity (Wildman–Crippen MR) is 110 cm³/mol. The van der Waals surface area contributed by atoms with Crippen molar-refractivity contribution in [3.63, 3.8) is 0 Å². The van der Waals surface area contributed by atoms with Crippen LogP contribution in [0, 0.1) is 0 Å². The van der Waals surface area contributed by atoms with Gasteiger partial charge in [-0.15, -0.1) is 0 Å². The number of rotatable bonds is 6. The van der Waals surface area contributed by atoms with E-state index in [1.165, 1.54) is 11.3 Å². The minimum Gasteiger partial charge on any atom is -0.338 e. The number of aromatic nitrogens is 2. The van der Waals surface area contributed by atoms with Crippen LogP contribution in [0.4, 0.5) is 4.79 Å². The fraction of sp³-hybridized carbons (Fsp3) is 0.364. The summed E-state index contributed by atoms with van der Waals surface area (Å²) < 4.78 is 2.13. The number of urea groups is 1. The molecule has 28 heavy (non-hydrogen) atoms. The van der Waals surface area contributed by atoms with Gasteiger partial charge < -0.3 is 14.6 Å². The number of amides is 2. The van der Waals surface area contributed by atoms with E-state index in [1.54, 1.807) is 0 Å². The van der Waals surface area contributed by atoms with Gasteiger partial charge in [-0.25, -0.2) is 9.78 Å². The molecule has 1 aliphatic heterocycles. The van der Waals surface area contributed by atoms with Crippen molar-refractivity contribution in [1.82, 2.24) is 24.5 Å². The molecule has 0 aliphatic carbocycles. The van der Waals surface area contributed by atoms with Crippen LogP contribution >= 0.6 is 0 Å². The van der Waals surface area contributed by atoms with Gasteiger partial charge in [0.15, 0.2) is 0 Å². The molecule has 0 radical (unpaired) electrons. The Kier molecular flexibility index (Phi) is 5.87. The Hall–Kier alpha value is -2.86. The summed E-state index contributed by atoms with van der Waals surface area (Å²) >= 11 is 0. The summed E-state index contributed by atoms with van der Waals surface area (Å²) in [6.45, 7) is 4.88. The highest BCUT2D eigenvalue weighted by Crippen LogP contribution is 2.11. The smallest absolute Gasteiger partial charge is 0.317 e. The van der Waals surface area contributed by atoms with E-state index in [0.29, 0.717) is 0 Å². The normalized spacial score (nSPS) is 15.1. The molecule has 0 atom stereocenters. The maximum absolute atomic E-state index is 12.4. The number of piperazine rings is 1. The molecule has 6 nitrogen and oxygen atoms in total. The molecule has 0 saturated carbocycles. The van der Waals surface area contributed by atoms with Gasteiger partial charge >= 0.3 is 6.03 Å². The maximum Gasteiger partial charge on any atom is 0.317 e. The second-order valence-corrected chi connectivity index (χ2v) is 7.26. The van der Waals surface area contributed by atoms with Crippen LogP contribution < -0.4 is 5.32 Å². The molecule has 4 rings (SSSR count). The largest absolute Gasteiger partial charge is 0.338 e. The Morgan fingerprint density at radius 1 is 1.00 bits per heavy atom. The summed E-state index contributed by atoms with van der Waals surface area (Å²) in [6, 6.07) is 16.5. The quantitative estimate of drug-likeness (QED) is 0.672. The van der Waals surface area contributed by atoms with Crippen molar-refractivity contribution >= 4 is 11.7 Å². The Bertz CT molecular complexity index is 899. The number of hydrogen-bond donors (Lipinski definition) is 1. The first-order valence-corrected chi connectivity index (χ1v) is 9.99. The lowest BCUT2D eigenvalue weighted by molar-refractivity contribution is 0.134. The van der Waals surface area contributed by atoms with Crippen LogP contribution in [0.15, 0.2) is 60.9 Å². The van der Waals surface area contributed by atoms with E-state index < -0.39 is 0 Å². The molecule has 6 heteroatoms. The lowest BCUT2D eigenvalue weighted by Gasteiger charge is -2.34. The van der Waals surface area contributed by atoms with Gasteiger partial charge in [-0.05, 0) is 30.5 Å². The van der Waals surface area contributed by atoms with Crippen LogP contribution in [0.25, 0.3) is 5.65 Å². The number of nitrogens with zero attached hydrogens (tertiary/aromatic N) is 4. The average Bonchev–Trinajstić information content (AvgIpc) is 3.15. The number of imidazole rings is 1. The number of aryl methyl sites for hydroxylation is 1. The fourth-order valence-corrected chi connectivity index (χ4v) is 3.68. The van der Waals surface area contributed by atoms with Crippen LogP contribution in [-0.4, -0.2) is 57.9 Å². The molecule has 3 heterocycles. The van der Waals surface area contributed by atoms with Crippen molar-refractivity contribution in [3.05, 3.63) is 72.2 Å². The highest BCUT2D eigenvalue weighted by Gasteiger charge is 2.21. The molecule has 1 N–H and O–H groups in total. The van der Waals surface area contributed by atoms with E-state index in [0.717, 1.165) is 57.8 Å². The zero-order valence-electron chi connectivity index (χ0n) is 16.1. The third-order valence-corrected chi connectivity index (χ3v) is 5.30. The lowest BCUT2D eigenvalue weighted by atomic mass is 10.1. The van der Waals surface area contributed by atoms with Crippen LogP contribution in [0.1, 0.15) is 17.7 Å². The average molecular weight is 377 g/mol. The SMILES string of the molecule is O=C(NCCCc1ccccc1)N1CCN(Cc2cnc3ccccn23)CC1. The van der Waals surface area contributed by atoms with E-state index in [-0.39, 0.29) is 6.03 Å². The number of nitrogens with one attached hydrogen (secondary N) is 1. The van der Waals surface area contributed by atoms with Crippen molar-refractivity contribution < 1.29 is 4.79 Å². The molecule has 2 amide bonds. The number of hydrogen-bond acceptors (Lipinski definition) is 3. The van der Waals surface area contributed by atoms with Gasteiger partial charge in [-0.3, -0.25) is 4.90 Å². The second-order valence-electron chi connectivity index (χ2n) is 7.26. The van der Waals surface area contributed by atoms with Crippen LogP contribution in [-0.2, 0) is 13.0 Å². The van der Waals surface area contributed by atoms with Gasteiger partial charge in [0.05, 0.1) is 11.9 Å². The zero-order chi connectivity index (χ0) is 19.2. The number of benzene rings is 1. The topological polar surface area (TPSA) is 52.9 Å². The van der Waals surface area contributed by atoms with E-state index in [4.69, 9.17) is 0 Å². The molecule has 3 aromatic rings. The van der Waals surface area contributed by atoms with Gasteiger partial charge in [-0.2, -0.15) is 0 Å². The molecule has 1 aliphatic rings. The number of pyridine rings is 1. The predicted octanol–water partition coefficient (Wildman–Crippen LogP) is 2.79. The Labute approximate surface area is 165 Å². The third-order valence-electron chi connectivity index (χ3n) is 5.30. The molecule has 0 spiro atoms. The van der Waals surface area contributed by atoms with E-state index >= 15 is 0 Å². The highest BCUT2D eigenvalue weighted by molar-refractivity contribution is 5.74. The van der Waals surface area contributed by atoms with Crippen molar-refractivity contribution in [2.45, 2.75) is 19.4 Å². The fourth-order valence-electron chi connectivity index (χ4n) is 3.68. The van der Waals surface area contributed by atoms with Crippen LogP contribution in [0.3, 0.4) is 0 Å². The lowest BCUT2D eigenvalue weighted by Crippen LogP contribution is -2.51. The molecule has 0 unspecified atom stereocenters. The Morgan fingerprint density at radius 3 is 2.61 bits per heavy atom. The summed E-state index contributed by atoms with van der Waals surface area (Å²) in [7, 11) is 0. The summed E-state index contributed by atoms with van der Waals surface area (Å²) in [5.41, 5.74) is 3.48. The van der Waals surface area contributed by atoms with Gasteiger partial charge in [0.2, 0.25) is 0 Å². The number of carbonyl (C=O) groups is 1. The molecule has 0 bridgehead atoms. The summed E-state index contributed by atoms with van der Waals surface area (Å²) in [5, 5.41) is 3.06. The van der Waals surface area contributed by atoms with Crippen molar-refractivity contribution in [3.8, 4) is 0 Å². The summed E-state index contributed by atoms with van der Waals surface area (Å²) in [5.74, 6) is 0. The van der Waals surface area contributed by atoms with Gasteiger partial charge in [0, 0.05) is 45.5 Å². The van der Waals surface area contributed by atoms with Crippen LogP contribution in [0.2, 0.25) is 0 Å². The summed E-state index contributed by atoms with van der Waals surface area (Å²) in [4.78, 5) is 21.2. The Balaban J connectivity index is 1.19. The van der Waals surface area contributed by atoms with Gasteiger partial charge in [0.25, 0.3) is 0 Å². The molecule has 1 fully saturated rings. The van der Waals surface area contributed by atoms with E-state index in [9.17, 15) is 4.79 Å².